The molecule has 0 aromatic heterocycles. The fourth-order valence-corrected chi connectivity index (χ4v) is 9.90. The van der Waals surface area contributed by atoms with Gasteiger partial charge in [-0.05, 0) is 109 Å². The molecule has 0 bridgehead atoms. The van der Waals surface area contributed by atoms with Crippen molar-refractivity contribution in [3.05, 3.63) is 48.6 Å². The Balaban J connectivity index is 5.32. The first kappa shape index (κ1) is 70.7. The van der Waals surface area contributed by atoms with Gasteiger partial charge in [-0.1, -0.05) is 193 Å². The van der Waals surface area contributed by atoms with Crippen LogP contribution in [-0.4, -0.2) is 120 Å². The summed E-state index contributed by atoms with van der Waals surface area (Å²) in [5.41, 5.74) is 0. The van der Waals surface area contributed by atoms with Gasteiger partial charge >= 0.3 is 0 Å². The van der Waals surface area contributed by atoms with Gasteiger partial charge in [0, 0.05) is 52.1 Å². The molecule has 4 atom stereocenters. The number of likely N-dealkylation sites (N-methyl/N-ethyl adjacent to an activating group) is 1. The van der Waals surface area contributed by atoms with Gasteiger partial charge in [-0.15, -0.1) is 0 Å². The molecule has 0 aliphatic heterocycles. The Morgan fingerprint density at radius 1 is 0.419 bits per heavy atom. The van der Waals surface area contributed by atoms with Crippen molar-refractivity contribution >= 4 is 23.6 Å². The highest BCUT2D eigenvalue weighted by atomic mass is 16.3. The van der Waals surface area contributed by atoms with Gasteiger partial charge in [0.2, 0.25) is 23.6 Å². The van der Waals surface area contributed by atoms with Crippen LogP contribution in [0, 0.1) is 11.8 Å². The molecule has 0 aromatic carbocycles. The molecule has 0 saturated carbocycles. The Morgan fingerprint density at radius 2 is 0.743 bits per heavy atom. The van der Waals surface area contributed by atoms with Crippen molar-refractivity contribution in [3.63, 3.8) is 0 Å². The Morgan fingerprint density at radius 3 is 1.07 bits per heavy atom. The quantitative estimate of drug-likeness (QED) is 0.0351. The maximum absolute atomic E-state index is 14.1. The maximum Gasteiger partial charge on any atom is 0.243 e. The van der Waals surface area contributed by atoms with Crippen LogP contribution in [0.25, 0.3) is 0 Å². The third-order valence-corrected chi connectivity index (χ3v) is 14.6. The molecular formula is C63H117N5O6. The summed E-state index contributed by atoms with van der Waals surface area (Å²) in [6, 6.07) is -1.30. The first-order valence-corrected chi connectivity index (χ1v) is 30.8. The minimum atomic E-state index is -0.649. The fraction of sp³-hybridized carbons (Fsp3) is 0.810. The number of carbonyl (C=O) groups excluding carboxylic acids is 4. The second kappa shape index (κ2) is 51.8. The van der Waals surface area contributed by atoms with E-state index in [1.807, 2.05) is 7.05 Å². The van der Waals surface area contributed by atoms with Crippen LogP contribution in [0.5, 0.6) is 0 Å². The van der Waals surface area contributed by atoms with E-state index in [1.165, 1.54) is 51.4 Å². The van der Waals surface area contributed by atoms with E-state index < -0.39 is 12.1 Å². The van der Waals surface area contributed by atoms with Crippen molar-refractivity contribution in [1.29, 1.82) is 0 Å². The van der Waals surface area contributed by atoms with Crippen LogP contribution in [-0.2, 0) is 19.2 Å². The van der Waals surface area contributed by atoms with Crippen molar-refractivity contribution in [1.82, 2.24) is 25.3 Å². The van der Waals surface area contributed by atoms with Crippen molar-refractivity contribution in [2.45, 2.75) is 259 Å². The molecule has 0 fully saturated rings. The highest BCUT2D eigenvalue weighted by Gasteiger charge is 2.36. The summed E-state index contributed by atoms with van der Waals surface area (Å²) in [5.74, 6) is -0.509. The van der Waals surface area contributed by atoms with Gasteiger partial charge in [0.1, 0.15) is 12.1 Å². The number of allylic oxidation sites excluding steroid dienone is 8. The standard InChI is InChI=1S/C63H117N5O6/c1-8-14-18-20-22-24-26-28-30-32-34-36-38-40-42-46-58(71)67(52-54-69)60(56(12-5)44-16-10-3)62(73)64-48-50-66(7)51-49-65-63(74)61(57(13-6)45-17-11-4)68(53-55-70)59(72)47-43-41-39-37-35-33-31-29-27-25-23-21-19-15-9-2/h22-25,28-31,56-57,60-61,69-70H,8-21,26-27,32-55H2,1-7H3,(H,64,73)(H,65,74)/b24-22-,25-23-,30-28-,31-29-. The number of hydrogen-bond acceptors (Lipinski definition) is 7. The Hall–Kier alpha value is -3.28. The Kier molecular flexibility index (Phi) is 49.5. The normalized spacial score (nSPS) is 13.6. The van der Waals surface area contributed by atoms with Gasteiger partial charge in [-0.2, -0.15) is 0 Å². The molecule has 4 N–H and O–H groups in total. The van der Waals surface area contributed by atoms with Crippen molar-refractivity contribution in [3.8, 4) is 0 Å². The zero-order chi connectivity index (χ0) is 54.7. The lowest BCUT2D eigenvalue weighted by Gasteiger charge is -2.36. The summed E-state index contributed by atoms with van der Waals surface area (Å²) in [4.78, 5) is 61.3. The highest BCUT2D eigenvalue weighted by Crippen LogP contribution is 2.25. The molecule has 11 nitrogen and oxygen atoms in total. The lowest BCUT2D eigenvalue weighted by Crippen LogP contribution is -2.55. The molecule has 0 radical (unpaired) electrons. The maximum atomic E-state index is 14.1. The smallest absolute Gasteiger partial charge is 0.243 e. The SMILES string of the molecule is CCCCC/C=C\C/C=C\CCCCCCCC(=O)N(CCO)C(C(=O)NCCN(C)CCNC(=O)C(C(CC)CCCC)N(CCO)C(=O)CCCCCCC/C=C\C/C=C\CCCCC)C(CC)CCCC. The number of nitrogens with zero attached hydrogens (tertiary/aromatic N) is 3. The predicted octanol–water partition coefficient (Wildman–Crippen LogP) is 13.6. The third-order valence-electron chi connectivity index (χ3n) is 14.6. The van der Waals surface area contributed by atoms with Gasteiger partial charge in [0.15, 0.2) is 0 Å². The average molecular weight is 1040 g/mol. The first-order chi connectivity index (χ1) is 36.1. The molecule has 74 heavy (non-hydrogen) atoms. The van der Waals surface area contributed by atoms with E-state index in [2.05, 4.69) is 106 Å². The number of aliphatic hydroxyl groups is 2. The largest absolute Gasteiger partial charge is 0.395 e. The zero-order valence-corrected chi connectivity index (χ0v) is 49.1. The van der Waals surface area contributed by atoms with E-state index in [-0.39, 0.29) is 61.8 Å². The van der Waals surface area contributed by atoms with Crippen LogP contribution in [0.2, 0.25) is 0 Å². The number of rotatable bonds is 52. The molecule has 4 unspecified atom stereocenters. The van der Waals surface area contributed by atoms with Crippen LogP contribution < -0.4 is 10.6 Å². The van der Waals surface area contributed by atoms with Crippen LogP contribution in [0.3, 0.4) is 0 Å². The molecule has 0 saturated heterocycles. The van der Waals surface area contributed by atoms with E-state index in [4.69, 9.17) is 0 Å². The molecule has 0 heterocycles. The van der Waals surface area contributed by atoms with Crippen LogP contribution >= 0.6 is 0 Å². The Labute approximate surface area is 455 Å². The van der Waals surface area contributed by atoms with Gasteiger partial charge in [0.05, 0.1) is 13.2 Å². The topological polar surface area (TPSA) is 143 Å². The molecule has 0 rings (SSSR count). The minimum Gasteiger partial charge on any atom is -0.395 e. The summed E-state index contributed by atoms with van der Waals surface area (Å²) < 4.78 is 0. The lowest BCUT2D eigenvalue weighted by atomic mass is 9.89. The van der Waals surface area contributed by atoms with Crippen LogP contribution in [0.1, 0.15) is 247 Å². The molecule has 0 spiro atoms. The van der Waals surface area contributed by atoms with E-state index in [0.29, 0.717) is 39.0 Å². The summed E-state index contributed by atoms with van der Waals surface area (Å²) in [5, 5.41) is 26.6. The molecule has 0 aliphatic carbocycles. The summed E-state index contributed by atoms with van der Waals surface area (Å²) in [7, 11) is 1.96. The summed E-state index contributed by atoms with van der Waals surface area (Å²) in [6.45, 7) is 14.6. The number of amides is 4. The van der Waals surface area contributed by atoms with Gasteiger partial charge in [-0.25, -0.2) is 0 Å². The van der Waals surface area contributed by atoms with Gasteiger partial charge in [0.25, 0.3) is 0 Å². The fourth-order valence-electron chi connectivity index (χ4n) is 9.90. The number of unbranched alkanes of at least 4 members (excludes halogenated alkanes) is 18. The minimum absolute atomic E-state index is 0.0160. The van der Waals surface area contributed by atoms with Crippen molar-refractivity contribution in [2.75, 3.05) is 59.5 Å². The number of hydrogen-bond donors (Lipinski definition) is 4. The second-order valence-electron chi connectivity index (χ2n) is 21.0. The molecule has 11 heteroatoms. The van der Waals surface area contributed by atoms with Crippen LogP contribution in [0.15, 0.2) is 48.6 Å². The average Bonchev–Trinajstić information content (AvgIpc) is 3.39. The highest BCUT2D eigenvalue weighted by molar-refractivity contribution is 5.88. The van der Waals surface area contributed by atoms with E-state index in [9.17, 15) is 29.4 Å². The molecule has 4 amide bonds. The van der Waals surface area contributed by atoms with Crippen molar-refractivity contribution in [2.24, 2.45) is 11.8 Å². The lowest BCUT2D eigenvalue weighted by molar-refractivity contribution is -0.143. The molecule has 0 aliphatic rings. The summed E-state index contributed by atoms with van der Waals surface area (Å²) >= 11 is 0. The molecule has 0 aromatic rings. The summed E-state index contributed by atoms with van der Waals surface area (Å²) in [6.07, 6.45) is 50.4. The number of nitrogens with one attached hydrogen (secondary N) is 2. The van der Waals surface area contributed by atoms with E-state index >= 15 is 0 Å². The number of aliphatic hydroxyl groups excluding tert-OH is 2. The second-order valence-corrected chi connectivity index (χ2v) is 21.0. The first-order valence-electron chi connectivity index (χ1n) is 30.8. The molecule has 430 valence electrons. The van der Waals surface area contributed by atoms with Crippen molar-refractivity contribution < 1.29 is 29.4 Å². The van der Waals surface area contributed by atoms with E-state index in [1.54, 1.807) is 9.80 Å². The van der Waals surface area contributed by atoms with Crippen LogP contribution in [0.4, 0.5) is 0 Å². The predicted molar refractivity (Wildman–Crippen MR) is 314 cm³/mol. The third kappa shape index (κ3) is 36.7. The number of carbonyl (C=O) groups is 4. The van der Waals surface area contributed by atoms with E-state index in [0.717, 1.165) is 141 Å². The van der Waals surface area contributed by atoms with Gasteiger partial charge < -0.3 is 35.5 Å². The monoisotopic (exact) mass is 1040 g/mol. The zero-order valence-electron chi connectivity index (χ0n) is 49.1. The Bertz CT molecular complexity index is 1360. The molecular weight excluding hydrogens is 923 g/mol. The van der Waals surface area contributed by atoms with Gasteiger partial charge in [-0.3, -0.25) is 19.2 Å².